The monoisotopic (exact) mass is 310 g/mol. The van der Waals surface area contributed by atoms with Crippen molar-refractivity contribution in [3.63, 3.8) is 0 Å². The summed E-state index contributed by atoms with van der Waals surface area (Å²) in [6, 6.07) is 0. The molecule has 0 aliphatic rings. The van der Waals surface area contributed by atoms with E-state index >= 15 is 0 Å². The summed E-state index contributed by atoms with van der Waals surface area (Å²) in [5.74, 6) is 0.384. The Labute approximate surface area is 92.4 Å². The van der Waals surface area contributed by atoms with Crippen molar-refractivity contribution in [2.75, 3.05) is 18.9 Å². The molecule has 72 valence electrons. The minimum absolute atomic E-state index is 0.0515. The molecule has 4 nitrogen and oxygen atoms in total. The van der Waals surface area contributed by atoms with Gasteiger partial charge >= 0.3 is 0 Å². The summed E-state index contributed by atoms with van der Waals surface area (Å²) >= 11 is 6.46. The van der Waals surface area contributed by atoms with Gasteiger partial charge in [-0.15, -0.1) is 0 Å². The molecule has 0 aliphatic carbocycles. The molecule has 0 spiro atoms. The first kappa shape index (κ1) is 10.7. The number of hydrogen-bond acceptors (Lipinski definition) is 4. The van der Waals surface area contributed by atoms with Crippen LogP contribution < -0.4 is 10.5 Å². The van der Waals surface area contributed by atoms with Crippen LogP contribution in [0.15, 0.2) is 15.1 Å². The number of aliphatic hydroxyl groups is 1. The van der Waals surface area contributed by atoms with Gasteiger partial charge in [0, 0.05) is 6.20 Å². The third-order valence-electron chi connectivity index (χ3n) is 1.31. The summed E-state index contributed by atoms with van der Waals surface area (Å²) in [6.07, 6.45) is 1.55. The van der Waals surface area contributed by atoms with Crippen LogP contribution in [0, 0.1) is 0 Å². The molecule has 0 aliphatic heterocycles. The van der Waals surface area contributed by atoms with E-state index in [9.17, 15) is 0 Å². The Kier molecular flexibility index (Phi) is 3.95. The number of rotatable bonds is 3. The molecule has 0 bridgehead atoms. The Morgan fingerprint density at radius 2 is 2.23 bits per heavy atom. The van der Waals surface area contributed by atoms with E-state index in [0.29, 0.717) is 20.5 Å². The Morgan fingerprint density at radius 1 is 1.54 bits per heavy atom. The minimum atomic E-state index is -0.0515. The largest absolute Gasteiger partial charge is 0.474 e. The number of aliphatic hydroxyl groups excluding tert-OH is 1. The highest BCUT2D eigenvalue weighted by molar-refractivity contribution is 9.11. The van der Waals surface area contributed by atoms with E-state index in [4.69, 9.17) is 15.6 Å². The maximum absolute atomic E-state index is 8.53. The molecule has 0 aromatic carbocycles. The van der Waals surface area contributed by atoms with Crippen LogP contribution in [0.2, 0.25) is 0 Å². The molecule has 1 aromatic heterocycles. The lowest BCUT2D eigenvalue weighted by molar-refractivity contribution is 0.196. The summed E-state index contributed by atoms with van der Waals surface area (Å²) in [7, 11) is 0. The van der Waals surface area contributed by atoms with E-state index in [0.717, 1.165) is 0 Å². The summed E-state index contributed by atoms with van der Waals surface area (Å²) in [5.41, 5.74) is 6.21. The fraction of sp³-hybridized carbons (Fsp3) is 0.286. The average Bonchev–Trinajstić information content (AvgIpc) is 2.13. The first-order valence-corrected chi connectivity index (χ1v) is 5.08. The van der Waals surface area contributed by atoms with Crippen molar-refractivity contribution in [3.8, 4) is 5.88 Å². The number of nitrogen functional groups attached to an aromatic ring is 1. The topological polar surface area (TPSA) is 68.4 Å². The second-order valence-electron chi connectivity index (χ2n) is 2.21. The van der Waals surface area contributed by atoms with Crippen LogP contribution in [0.25, 0.3) is 0 Å². The predicted octanol–water partition coefficient (Wildman–Crippen LogP) is 1.56. The minimum Gasteiger partial charge on any atom is -0.474 e. The lowest BCUT2D eigenvalue weighted by atomic mass is 10.4. The molecule has 6 heteroatoms. The van der Waals surface area contributed by atoms with Crippen LogP contribution in [0.1, 0.15) is 0 Å². The van der Waals surface area contributed by atoms with E-state index in [1.54, 1.807) is 6.20 Å². The number of halogens is 2. The van der Waals surface area contributed by atoms with Gasteiger partial charge in [0.2, 0.25) is 5.88 Å². The maximum Gasteiger partial charge on any atom is 0.230 e. The van der Waals surface area contributed by atoms with Gasteiger partial charge < -0.3 is 15.6 Å². The molecule has 0 saturated carbocycles. The lowest BCUT2D eigenvalue weighted by Crippen LogP contribution is -2.04. The molecular weight excluding hydrogens is 304 g/mol. The van der Waals surface area contributed by atoms with E-state index in [1.165, 1.54) is 0 Å². The average molecular weight is 312 g/mol. The Morgan fingerprint density at radius 3 is 2.85 bits per heavy atom. The van der Waals surface area contributed by atoms with Crippen LogP contribution in [-0.4, -0.2) is 23.3 Å². The molecule has 0 amide bonds. The van der Waals surface area contributed by atoms with Crippen molar-refractivity contribution >= 4 is 37.5 Å². The quantitative estimate of drug-likeness (QED) is 0.889. The van der Waals surface area contributed by atoms with Crippen molar-refractivity contribution in [1.82, 2.24) is 4.98 Å². The van der Waals surface area contributed by atoms with E-state index in [-0.39, 0.29) is 13.2 Å². The van der Waals surface area contributed by atoms with Gasteiger partial charge in [-0.2, -0.15) is 0 Å². The molecule has 3 N–H and O–H groups in total. The van der Waals surface area contributed by atoms with E-state index in [1.807, 2.05) is 0 Å². The first-order chi connectivity index (χ1) is 6.16. The third kappa shape index (κ3) is 2.55. The number of nitrogens with zero attached hydrogens (tertiary/aromatic N) is 1. The molecule has 0 saturated heterocycles. The standard InChI is InChI=1S/C7H8Br2N2O2/c8-4-3-11-7(13-2-1-12)5(9)6(4)10/h3,12H,1-2H2,(H2,10,11). The van der Waals surface area contributed by atoms with Crippen molar-refractivity contribution in [1.29, 1.82) is 0 Å². The van der Waals surface area contributed by atoms with Crippen LogP contribution in [-0.2, 0) is 0 Å². The van der Waals surface area contributed by atoms with Crippen LogP contribution in [0.4, 0.5) is 5.69 Å². The number of aromatic nitrogens is 1. The van der Waals surface area contributed by atoms with Gasteiger partial charge in [0.1, 0.15) is 11.1 Å². The Bertz CT molecular complexity index is 307. The SMILES string of the molecule is Nc1c(Br)cnc(OCCO)c1Br. The van der Waals surface area contributed by atoms with Gasteiger partial charge in [-0.05, 0) is 31.9 Å². The van der Waals surface area contributed by atoms with Crippen molar-refractivity contribution < 1.29 is 9.84 Å². The van der Waals surface area contributed by atoms with Crippen molar-refractivity contribution in [2.45, 2.75) is 0 Å². The van der Waals surface area contributed by atoms with Gasteiger partial charge in [0.15, 0.2) is 0 Å². The van der Waals surface area contributed by atoms with Crippen molar-refractivity contribution in [3.05, 3.63) is 15.1 Å². The van der Waals surface area contributed by atoms with Gasteiger partial charge in [0.25, 0.3) is 0 Å². The Balaban J connectivity index is 2.90. The highest BCUT2D eigenvalue weighted by atomic mass is 79.9. The summed E-state index contributed by atoms with van der Waals surface area (Å²) < 4.78 is 6.41. The summed E-state index contributed by atoms with van der Waals surface area (Å²) in [4.78, 5) is 3.97. The van der Waals surface area contributed by atoms with E-state index < -0.39 is 0 Å². The smallest absolute Gasteiger partial charge is 0.230 e. The van der Waals surface area contributed by atoms with Crippen LogP contribution in [0.5, 0.6) is 5.88 Å². The number of anilines is 1. The normalized spacial score (nSPS) is 10.1. The predicted molar refractivity (Wildman–Crippen MR) is 56.6 cm³/mol. The van der Waals surface area contributed by atoms with Gasteiger partial charge in [-0.25, -0.2) is 4.98 Å². The summed E-state index contributed by atoms with van der Waals surface area (Å²) in [6.45, 7) is 0.150. The second kappa shape index (κ2) is 4.78. The molecule has 1 rings (SSSR count). The lowest BCUT2D eigenvalue weighted by Gasteiger charge is -2.07. The van der Waals surface area contributed by atoms with Gasteiger partial charge in [-0.3, -0.25) is 0 Å². The zero-order valence-electron chi connectivity index (χ0n) is 6.63. The third-order valence-corrected chi connectivity index (χ3v) is 2.71. The molecule has 1 heterocycles. The summed E-state index contributed by atoms with van der Waals surface area (Å²) in [5, 5.41) is 8.53. The van der Waals surface area contributed by atoms with Crippen molar-refractivity contribution in [2.24, 2.45) is 0 Å². The fourth-order valence-corrected chi connectivity index (χ4v) is 1.70. The Hall–Kier alpha value is -0.330. The number of hydrogen-bond donors (Lipinski definition) is 2. The van der Waals surface area contributed by atoms with Crippen LogP contribution >= 0.6 is 31.9 Å². The van der Waals surface area contributed by atoms with E-state index in [2.05, 4.69) is 36.8 Å². The molecule has 0 radical (unpaired) electrons. The second-order valence-corrected chi connectivity index (χ2v) is 3.86. The number of pyridine rings is 1. The van der Waals surface area contributed by atoms with Crippen LogP contribution in [0.3, 0.4) is 0 Å². The molecular formula is C7H8Br2N2O2. The molecule has 1 aromatic rings. The van der Waals surface area contributed by atoms with Gasteiger partial charge in [0.05, 0.1) is 16.8 Å². The highest BCUT2D eigenvalue weighted by Crippen LogP contribution is 2.33. The van der Waals surface area contributed by atoms with Gasteiger partial charge in [-0.1, -0.05) is 0 Å². The zero-order chi connectivity index (χ0) is 9.84. The fourth-order valence-electron chi connectivity index (χ4n) is 0.705. The molecule has 0 fully saturated rings. The zero-order valence-corrected chi connectivity index (χ0v) is 9.80. The highest BCUT2D eigenvalue weighted by Gasteiger charge is 2.08. The molecule has 0 unspecified atom stereocenters. The first-order valence-electron chi connectivity index (χ1n) is 3.50. The molecule has 0 atom stereocenters. The number of nitrogens with two attached hydrogens (primary N) is 1. The maximum atomic E-state index is 8.53. The number of ether oxygens (including phenoxy) is 1. The molecule has 13 heavy (non-hydrogen) atoms.